The fraction of sp³-hybridized carbons (Fsp3) is 0.636. The van der Waals surface area contributed by atoms with Crippen LogP contribution in [0.15, 0.2) is 12.4 Å². The summed E-state index contributed by atoms with van der Waals surface area (Å²) in [6, 6.07) is 0. The van der Waals surface area contributed by atoms with Crippen LogP contribution < -0.4 is 15.4 Å². The molecule has 0 aliphatic carbocycles. The van der Waals surface area contributed by atoms with Gasteiger partial charge in [0.1, 0.15) is 0 Å². The minimum Gasteiger partial charge on any atom is -0.480 e. The molecule has 0 bridgehead atoms. The molecule has 0 atom stereocenters. The Morgan fingerprint density at radius 1 is 1.44 bits per heavy atom. The second-order valence-electron chi connectivity index (χ2n) is 4.64. The Labute approximate surface area is 96.6 Å². The van der Waals surface area contributed by atoms with E-state index in [1.807, 2.05) is 11.9 Å². The maximum Gasteiger partial charge on any atom is 0.233 e. The van der Waals surface area contributed by atoms with Gasteiger partial charge in [-0.25, -0.2) is 0 Å². The third kappa shape index (κ3) is 3.34. The molecule has 0 fully saturated rings. The number of aromatic nitrogens is 2. The normalized spacial score (nSPS) is 11.3. The third-order valence-corrected chi connectivity index (χ3v) is 2.42. The molecular weight excluding hydrogens is 204 g/mol. The van der Waals surface area contributed by atoms with Crippen molar-refractivity contribution in [1.29, 1.82) is 0 Å². The van der Waals surface area contributed by atoms with Crippen LogP contribution in [0.4, 0.5) is 5.82 Å². The summed E-state index contributed by atoms with van der Waals surface area (Å²) in [5.74, 6) is 1.32. The highest BCUT2D eigenvalue weighted by Gasteiger charge is 2.19. The highest BCUT2D eigenvalue weighted by molar-refractivity contribution is 5.36. The Kier molecular flexibility index (Phi) is 4.06. The second kappa shape index (κ2) is 5.12. The third-order valence-electron chi connectivity index (χ3n) is 2.42. The summed E-state index contributed by atoms with van der Waals surface area (Å²) >= 11 is 0. The average molecular weight is 224 g/mol. The quantitative estimate of drug-likeness (QED) is 0.805. The molecule has 1 aromatic rings. The van der Waals surface area contributed by atoms with E-state index in [1.54, 1.807) is 19.5 Å². The van der Waals surface area contributed by atoms with Crippen LogP contribution in [0.25, 0.3) is 0 Å². The van der Waals surface area contributed by atoms with E-state index in [-0.39, 0.29) is 5.41 Å². The van der Waals surface area contributed by atoms with Crippen molar-refractivity contribution in [3.05, 3.63) is 12.4 Å². The van der Waals surface area contributed by atoms with Crippen molar-refractivity contribution in [3.63, 3.8) is 0 Å². The van der Waals surface area contributed by atoms with Gasteiger partial charge in [0.05, 0.1) is 19.5 Å². The Morgan fingerprint density at radius 3 is 2.69 bits per heavy atom. The summed E-state index contributed by atoms with van der Waals surface area (Å²) in [5, 5.41) is 0. The van der Waals surface area contributed by atoms with Gasteiger partial charge >= 0.3 is 0 Å². The molecule has 1 aromatic heterocycles. The van der Waals surface area contributed by atoms with Crippen LogP contribution in [0.1, 0.15) is 13.8 Å². The van der Waals surface area contributed by atoms with Crippen LogP contribution in [-0.2, 0) is 0 Å². The van der Waals surface area contributed by atoms with Crippen LogP contribution in [0.2, 0.25) is 0 Å². The number of methoxy groups -OCH3 is 1. The van der Waals surface area contributed by atoms with Crippen molar-refractivity contribution >= 4 is 5.82 Å². The molecule has 0 aliphatic rings. The van der Waals surface area contributed by atoms with E-state index >= 15 is 0 Å². The molecule has 0 radical (unpaired) electrons. The predicted octanol–water partition coefficient (Wildman–Crippen LogP) is 0.906. The van der Waals surface area contributed by atoms with Crippen LogP contribution >= 0.6 is 0 Å². The zero-order chi connectivity index (χ0) is 12.2. The van der Waals surface area contributed by atoms with Crippen LogP contribution in [-0.4, -0.2) is 37.2 Å². The summed E-state index contributed by atoms with van der Waals surface area (Å²) < 4.78 is 5.04. The smallest absolute Gasteiger partial charge is 0.233 e. The molecule has 0 saturated carbocycles. The highest BCUT2D eigenvalue weighted by atomic mass is 16.5. The number of hydrogen-bond donors (Lipinski definition) is 1. The van der Waals surface area contributed by atoms with E-state index in [0.717, 1.165) is 12.4 Å². The maximum atomic E-state index is 5.70. The first-order valence-corrected chi connectivity index (χ1v) is 5.26. The summed E-state index contributed by atoms with van der Waals surface area (Å²) in [5.41, 5.74) is 5.76. The topological polar surface area (TPSA) is 64.3 Å². The Balaban J connectivity index is 2.76. The van der Waals surface area contributed by atoms with Crippen molar-refractivity contribution in [1.82, 2.24) is 9.97 Å². The lowest BCUT2D eigenvalue weighted by atomic mass is 9.93. The van der Waals surface area contributed by atoms with Gasteiger partial charge in [-0.3, -0.25) is 4.98 Å². The van der Waals surface area contributed by atoms with E-state index < -0.39 is 0 Å². The fourth-order valence-corrected chi connectivity index (χ4v) is 1.41. The second-order valence-corrected chi connectivity index (χ2v) is 4.64. The molecule has 0 saturated heterocycles. The van der Waals surface area contributed by atoms with Crippen LogP contribution in [0.5, 0.6) is 5.88 Å². The number of hydrogen-bond acceptors (Lipinski definition) is 5. The lowest BCUT2D eigenvalue weighted by Gasteiger charge is -2.29. The lowest BCUT2D eigenvalue weighted by Crippen LogP contribution is -2.37. The summed E-state index contributed by atoms with van der Waals surface area (Å²) in [7, 11) is 3.55. The van der Waals surface area contributed by atoms with Crippen LogP contribution in [0.3, 0.4) is 0 Å². The molecule has 2 N–H and O–H groups in total. The van der Waals surface area contributed by atoms with Crippen molar-refractivity contribution < 1.29 is 4.74 Å². The molecule has 90 valence electrons. The number of nitrogens with two attached hydrogens (primary N) is 1. The molecule has 0 spiro atoms. The minimum absolute atomic E-state index is 0.0551. The van der Waals surface area contributed by atoms with Gasteiger partial charge in [0.25, 0.3) is 0 Å². The Hall–Kier alpha value is -1.36. The largest absolute Gasteiger partial charge is 0.480 e. The summed E-state index contributed by atoms with van der Waals surface area (Å²) in [4.78, 5) is 10.4. The SMILES string of the molecule is COc1cncc(N(C)CC(C)(C)CN)n1. The molecule has 1 rings (SSSR count). The number of nitrogens with zero attached hydrogens (tertiary/aromatic N) is 3. The Bertz CT molecular complexity index is 341. The van der Waals surface area contributed by atoms with Gasteiger partial charge < -0.3 is 15.4 Å². The van der Waals surface area contributed by atoms with Gasteiger partial charge in [-0.1, -0.05) is 13.8 Å². The first-order valence-electron chi connectivity index (χ1n) is 5.26. The van der Waals surface area contributed by atoms with Crippen molar-refractivity contribution in [2.45, 2.75) is 13.8 Å². The number of anilines is 1. The monoisotopic (exact) mass is 224 g/mol. The first-order chi connectivity index (χ1) is 7.48. The minimum atomic E-state index is 0.0551. The molecule has 1 heterocycles. The van der Waals surface area contributed by atoms with Gasteiger partial charge in [0, 0.05) is 13.6 Å². The Morgan fingerprint density at radius 2 is 2.12 bits per heavy atom. The maximum absolute atomic E-state index is 5.70. The standard InChI is InChI=1S/C11H20N4O/c1-11(2,7-12)8-15(3)9-5-13-6-10(14-9)16-4/h5-6H,7-8,12H2,1-4H3. The zero-order valence-corrected chi connectivity index (χ0v) is 10.4. The first kappa shape index (κ1) is 12.7. The average Bonchev–Trinajstić information content (AvgIpc) is 2.28. The fourth-order valence-electron chi connectivity index (χ4n) is 1.41. The summed E-state index contributed by atoms with van der Waals surface area (Å²) in [6.07, 6.45) is 3.31. The van der Waals surface area contributed by atoms with E-state index in [2.05, 4.69) is 23.8 Å². The van der Waals surface area contributed by atoms with E-state index in [4.69, 9.17) is 10.5 Å². The highest BCUT2D eigenvalue weighted by Crippen LogP contribution is 2.19. The molecule has 5 heteroatoms. The van der Waals surface area contributed by atoms with Gasteiger partial charge in [-0.15, -0.1) is 0 Å². The molecular formula is C11H20N4O. The number of ether oxygens (including phenoxy) is 1. The van der Waals surface area contributed by atoms with Crippen molar-refractivity contribution in [2.75, 3.05) is 32.1 Å². The predicted molar refractivity (Wildman–Crippen MR) is 64.7 cm³/mol. The van der Waals surface area contributed by atoms with Gasteiger partial charge in [0.2, 0.25) is 5.88 Å². The number of rotatable bonds is 5. The molecule has 0 amide bonds. The van der Waals surface area contributed by atoms with Gasteiger partial charge in [0.15, 0.2) is 5.82 Å². The lowest BCUT2D eigenvalue weighted by molar-refractivity contribution is 0.379. The van der Waals surface area contributed by atoms with Crippen molar-refractivity contribution in [3.8, 4) is 5.88 Å². The molecule has 5 nitrogen and oxygen atoms in total. The van der Waals surface area contributed by atoms with E-state index in [1.165, 1.54) is 0 Å². The van der Waals surface area contributed by atoms with E-state index in [0.29, 0.717) is 12.4 Å². The van der Waals surface area contributed by atoms with Gasteiger partial charge in [-0.05, 0) is 12.0 Å². The zero-order valence-electron chi connectivity index (χ0n) is 10.4. The molecule has 16 heavy (non-hydrogen) atoms. The van der Waals surface area contributed by atoms with Crippen LogP contribution in [0, 0.1) is 5.41 Å². The molecule has 0 aromatic carbocycles. The summed E-state index contributed by atoms with van der Waals surface area (Å²) in [6.45, 7) is 5.70. The molecule has 0 unspecified atom stereocenters. The van der Waals surface area contributed by atoms with Gasteiger partial charge in [-0.2, -0.15) is 4.98 Å². The van der Waals surface area contributed by atoms with E-state index in [9.17, 15) is 0 Å². The molecule has 0 aliphatic heterocycles. The van der Waals surface area contributed by atoms with Crippen molar-refractivity contribution in [2.24, 2.45) is 11.1 Å².